The lowest BCUT2D eigenvalue weighted by atomic mass is 10.0. The Morgan fingerprint density at radius 3 is 2.37 bits per heavy atom. The number of nitrogens with zero attached hydrogens (tertiary/aromatic N) is 4. The molecule has 2 atom stereocenters. The molecule has 1 aliphatic rings. The first kappa shape index (κ1) is 23.9. The molecule has 6 nitrogen and oxygen atoms in total. The quantitative estimate of drug-likeness (QED) is 0.249. The van der Waals surface area contributed by atoms with Gasteiger partial charge in [0, 0.05) is 29.5 Å². The number of benzene rings is 2. The van der Waals surface area contributed by atoms with Crippen LogP contribution in [0.2, 0.25) is 0 Å². The van der Waals surface area contributed by atoms with Gasteiger partial charge in [0.25, 0.3) is 0 Å². The lowest BCUT2D eigenvalue weighted by Gasteiger charge is -2.29. The second-order valence-electron chi connectivity index (χ2n) is 9.30. The van der Waals surface area contributed by atoms with Crippen molar-refractivity contribution in [1.82, 2.24) is 19.9 Å². The molecule has 38 heavy (non-hydrogen) atoms. The van der Waals surface area contributed by atoms with E-state index in [-0.39, 0.29) is 12.1 Å². The van der Waals surface area contributed by atoms with Gasteiger partial charge < -0.3 is 19.5 Å². The van der Waals surface area contributed by atoms with Crippen LogP contribution in [0.1, 0.15) is 34.7 Å². The van der Waals surface area contributed by atoms with Crippen molar-refractivity contribution < 1.29 is 4.74 Å². The highest BCUT2D eigenvalue weighted by atomic mass is 32.1. The Labute approximate surface area is 227 Å². The van der Waals surface area contributed by atoms with Crippen LogP contribution in [-0.4, -0.2) is 19.6 Å². The molecule has 1 aliphatic heterocycles. The third kappa shape index (κ3) is 4.41. The van der Waals surface area contributed by atoms with Gasteiger partial charge in [-0.05, 0) is 98.4 Å². The average molecular weight is 518 g/mol. The van der Waals surface area contributed by atoms with Gasteiger partial charge in [0.05, 0.1) is 23.6 Å². The van der Waals surface area contributed by atoms with E-state index in [0.29, 0.717) is 5.11 Å². The third-order valence-electron chi connectivity index (χ3n) is 6.85. The van der Waals surface area contributed by atoms with E-state index in [9.17, 15) is 0 Å². The van der Waals surface area contributed by atoms with Gasteiger partial charge in [0.2, 0.25) is 0 Å². The summed E-state index contributed by atoms with van der Waals surface area (Å²) in [6.45, 7) is 4.15. The lowest BCUT2D eigenvalue weighted by Crippen LogP contribution is -2.30. The van der Waals surface area contributed by atoms with Crippen LogP contribution in [-0.2, 0) is 0 Å². The summed E-state index contributed by atoms with van der Waals surface area (Å²) in [5, 5.41) is 4.20. The molecule has 0 spiro atoms. The molecule has 4 heterocycles. The fraction of sp³-hybridized carbons (Fsp3) is 0.129. The number of nitrogens with one attached hydrogen (secondary N) is 1. The summed E-state index contributed by atoms with van der Waals surface area (Å²) in [7, 11) is 0. The fourth-order valence-corrected chi connectivity index (χ4v) is 5.38. The van der Waals surface area contributed by atoms with E-state index in [4.69, 9.17) is 17.0 Å². The Kier molecular flexibility index (Phi) is 6.35. The number of aromatic nitrogens is 3. The molecule has 6 rings (SSSR count). The molecular formula is C31H27N5OS. The van der Waals surface area contributed by atoms with E-state index in [1.165, 1.54) is 0 Å². The SMILES string of the molecule is Cc1ccccc1Oc1ccc(N2C(=S)NC(c3ccccn3)C2c2ccc(C)n2-c2cccnc2)cc1. The Balaban J connectivity index is 1.42. The molecule has 0 amide bonds. The molecule has 1 saturated heterocycles. The molecule has 3 aromatic heterocycles. The number of ether oxygens (including phenoxy) is 1. The second kappa shape index (κ2) is 10.1. The molecule has 2 unspecified atom stereocenters. The fourth-order valence-electron chi connectivity index (χ4n) is 5.03. The minimum Gasteiger partial charge on any atom is -0.457 e. The highest BCUT2D eigenvalue weighted by Gasteiger charge is 2.42. The zero-order chi connectivity index (χ0) is 26.1. The number of thiocarbonyl (C=S) groups is 1. The van der Waals surface area contributed by atoms with Crippen molar-refractivity contribution >= 4 is 23.0 Å². The molecule has 1 fully saturated rings. The number of para-hydroxylation sites is 1. The van der Waals surface area contributed by atoms with Gasteiger partial charge in [-0.1, -0.05) is 24.3 Å². The van der Waals surface area contributed by atoms with Gasteiger partial charge in [-0.2, -0.15) is 0 Å². The molecule has 2 aromatic carbocycles. The summed E-state index contributed by atoms with van der Waals surface area (Å²) < 4.78 is 8.39. The molecule has 0 aliphatic carbocycles. The summed E-state index contributed by atoms with van der Waals surface area (Å²) in [4.78, 5) is 11.2. The maximum absolute atomic E-state index is 6.15. The van der Waals surface area contributed by atoms with Crippen LogP contribution in [0.15, 0.2) is 110 Å². The molecule has 0 saturated carbocycles. The Morgan fingerprint density at radius 1 is 0.816 bits per heavy atom. The maximum Gasteiger partial charge on any atom is 0.174 e. The van der Waals surface area contributed by atoms with Crippen molar-refractivity contribution in [2.75, 3.05) is 4.90 Å². The topological polar surface area (TPSA) is 55.2 Å². The number of hydrogen-bond donors (Lipinski definition) is 1. The van der Waals surface area contributed by atoms with Crippen molar-refractivity contribution in [1.29, 1.82) is 0 Å². The second-order valence-corrected chi connectivity index (χ2v) is 9.69. The first-order chi connectivity index (χ1) is 18.6. The Hall–Kier alpha value is -4.49. The van der Waals surface area contributed by atoms with Crippen LogP contribution in [0, 0.1) is 13.8 Å². The maximum atomic E-state index is 6.15. The highest BCUT2D eigenvalue weighted by Crippen LogP contribution is 2.43. The Bertz CT molecular complexity index is 1570. The Morgan fingerprint density at radius 2 is 1.63 bits per heavy atom. The summed E-state index contributed by atoms with van der Waals surface area (Å²) in [5.41, 5.74) is 6.21. The minimum atomic E-state index is -0.144. The van der Waals surface area contributed by atoms with Crippen molar-refractivity contribution in [3.8, 4) is 17.2 Å². The number of anilines is 1. The largest absolute Gasteiger partial charge is 0.457 e. The van der Waals surface area contributed by atoms with Gasteiger partial charge in [0.1, 0.15) is 17.5 Å². The van der Waals surface area contributed by atoms with E-state index in [2.05, 4.69) is 62.0 Å². The predicted octanol–water partition coefficient (Wildman–Crippen LogP) is 6.85. The van der Waals surface area contributed by atoms with Crippen molar-refractivity contribution in [3.05, 3.63) is 132 Å². The summed E-state index contributed by atoms with van der Waals surface area (Å²) in [6.07, 6.45) is 5.50. The van der Waals surface area contributed by atoms with Crippen LogP contribution in [0.3, 0.4) is 0 Å². The van der Waals surface area contributed by atoms with Crippen LogP contribution in [0.25, 0.3) is 5.69 Å². The van der Waals surface area contributed by atoms with Crippen LogP contribution >= 0.6 is 12.2 Å². The minimum absolute atomic E-state index is 0.142. The third-order valence-corrected chi connectivity index (χ3v) is 7.16. The first-order valence-electron chi connectivity index (χ1n) is 12.5. The summed E-state index contributed by atoms with van der Waals surface area (Å²) in [6, 6.07) is 30.1. The molecule has 1 N–H and O–H groups in total. The molecule has 7 heteroatoms. The van der Waals surface area contributed by atoms with Gasteiger partial charge >= 0.3 is 0 Å². The normalized spacial score (nSPS) is 16.9. The van der Waals surface area contributed by atoms with E-state index in [1.807, 2.05) is 80.0 Å². The van der Waals surface area contributed by atoms with Crippen molar-refractivity contribution in [2.24, 2.45) is 0 Å². The average Bonchev–Trinajstić information content (AvgIpc) is 3.50. The molecular weight excluding hydrogens is 490 g/mol. The van der Waals surface area contributed by atoms with Gasteiger partial charge in [-0.15, -0.1) is 0 Å². The zero-order valence-electron chi connectivity index (χ0n) is 21.2. The molecule has 188 valence electrons. The lowest BCUT2D eigenvalue weighted by molar-refractivity contribution is 0.479. The van der Waals surface area contributed by atoms with E-state index in [1.54, 1.807) is 6.20 Å². The highest BCUT2D eigenvalue weighted by molar-refractivity contribution is 7.80. The van der Waals surface area contributed by atoms with E-state index >= 15 is 0 Å². The number of rotatable bonds is 6. The smallest absolute Gasteiger partial charge is 0.174 e. The number of pyridine rings is 2. The van der Waals surface area contributed by atoms with Crippen LogP contribution < -0.4 is 15.0 Å². The molecule has 0 radical (unpaired) electrons. The van der Waals surface area contributed by atoms with Crippen molar-refractivity contribution in [2.45, 2.75) is 25.9 Å². The van der Waals surface area contributed by atoms with Gasteiger partial charge in [-0.25, -0.2) is 0 Å². The van der Waals surface area contributed by atoms with Crippen LogP contribution in [0.4, 0.5) is 5.69 Å². The molecule has 0 bridgehead atoms. The van der Waals surface area contributed by atoms with Gasteiger partial charge in [0.15, 0.2) is 5.11 Å². The monoisotopic (exact) mass is 517 g/mol. The predicted molar refractivity (Wildman–Crippen MR) is 154 cm³/mol. The van der Waals surface area contributed by atoms with E-state index in [0.717, 1.165) is 45.5 Å². The first-order valence-corrected chi connectivity index (χ1v) is 12.9. The summed E-state index contributed by atoms with van der Waals surface area (Å²) in [5.74, 6) is 1.62. The zero-order valence-corrected chi connectivity index (χ0v) is 22.0. The number of hydrogen-bond acceptors (Lipinski definition) is 4. The van der Waals surface area contributed by atoms with Crippen LogP contribution in [0.5, 0.6) is 11.5 Å². The van der Waals surface area contributed by atoms with E-state index < -0.39 is 0 Å². The van der Waals surface area contributed by atoms with Crippen molar-refractivity contribution in [3.63, 3.8) is 0 Å². The summed E-state index contributed by atoms with van der Waals surface area (Å²) >= 11 is 5.93. The number of aryl methyl sites for hydroxylation is 2. The van der Waals surface area contributed by atoms with Gasteiger partial charge in [-0.3, -0.25) is 9.97 Å². The molecule has 5 aromatic rings. The standard InChI is InChI=1S/C31H27N5OS/c1-21-8-3-4-11-28(21)37-25-15-13-23(14-16-25)36-30(29(34-31(36)38)26-10-5-6-19-33-26)27-17-12-22(2)35(27)24-9-7-18-32-20-24/h3-20,29-30H,1-2H3,(H,34,38).